The first-order valence-electron chi connectivity index (χ1n) is 7.99. The highest BCUT2D eigenvalue weighted by Crippen LogP contribution is 2.34. The van der Waals surface area contributed by atoms with Gasteiger partial charge >= 0.3 is 0 Å². The second kappa shape index (κ2) is 7.31. The molecule has 23 heavy (non-hydrogen) atoms. The minimum absolute atomic E-state index is 0.108. The fourth-order valence-electron chi connectivity index (χ4n) is 2.96. The van der Waals surface area contributed by atoms with Crippen molar-refractivity contribution in [2.75, 3.05) is 11.9 Å². The molecular formula is C16H21N3O3S. The van der Waals surface area contributed by atoms with Crippen LogP contribution >= 0.6 is 11.8 Å². The third kappa shape index (κ3) is 4.23. The molecule has 1 fully saturated rings. The van der Waals surface area contributed by atoms with Gasteiger partial charge in [0, 0.05) is 19.2 Å². The van der Waals surface area contributed by atoms with Crippen LogP contribution in [0.4, 0.5) is 5.69 Å². The maximum atomic E-state index is 12.1. The van der Waals surface area contributed by atoms with Crippen LogP contribution in [0.5, 0.6) is 0 Å². The van der Waals surface area contributed by atoms with Gasteiger partial charge in [-0.3, -0.25) is 9.59 Å². The van der Waals surface area contributed by atoms with E-state index in [9.17, 15) is 14.7 Å². The normalized spacial score (nSPS) is 27.0. The van der Waals surface area contributed by atoms with E-state index in [0.717, 1.165) is 30.7 Å². The zero-order valence-corrected chi connectivity index (χ0v) is 13.6. The summed E-state index contributed by atoms with van der Waals surface area (Å²) in [6, 6.07) is 3.58. The number of aliphatic hydroxyl groups is 1. The number of thioether (sulfide) groups is 1. The van der Waals surface area contributed by atoms with E-state index in [0.29, 0.717) is 18.2 Å². The van der Waals surface area contributed by atoms with Crippen molar-refractivity contribution in [3.8, 4) is 0 Å². The van der Waals surface area contributed by atoms with E-state index >= 15 is 0 Å². The lowest BCUT2D eigenvalue weighted by Crippen LogP contribution is -2.37. The first-order chi connectivity index (χ1) is 11.1. The number of aromatic nitrogens is 1. The third-order valence-electron chi connectivity index (χ3n) is 4.35. The van der Waals surface area contributed by atoms with E-state index in [2.05, 4.69) is 15.6 Å². The van der Waals surface area contributed by atoms with Crippen LogP contribution in [0.15, 0.2) is 23.4 Å². The molecule has 1 saturated carbocycles. The Bertz CT molecular complexity index is 588. The smallest absolute Gasteiger partial charge is 0.238 e. The lowest BCUT2D eigenvalue weighted by atomic mass is 9.87. The topological polar surface area (TPSA) is 91.3 Å². The average Bonchev–Trinajstić information content (AvgIpc) is 2.55. The van der Waals surface area contributed by atoms with Gasteiger partial charge in [-0.2, -0.15) is 0 Å². The van der Waals surface area contributed by atoms with Crippen molar-refractivity contribution in [1.29, 1.82) is 0 Å². The van der Waals surface area contributed by atoms with Gasteiger partial charge in [0.25, 0.3) is 0 Å². The molecule has 1 aliphatic carbocycles. The first kappa shape index (κ1) is 16.3. The summed E-state index contributed by atoms with van der Waals surface area (Å²) in [5.41, 5.74) is 0.708. The standard InChI is InChI=1S/C16H21N3O3S/c20-11-5-3-10(4-6-11)9-18-14(21)8-13-15(22)19-12-2-1-7-17-16(12)23-13/h1-2,7,10-11,13,20H,3-6,8-9H2,(H,18,21)(H,19,22). The van der Waals surface area contributed by atoms with Gasteiger partial charge in [0.2, 0.25) is 11.8 Å². The van der Waals surface area contributed by atoms with Crippen molar-refractivity contribution in [3.63, 3.8) is 0 Å². The summed E-state index contributed by atoms with van der Waals surface area (Å²) in [7, 11) is 0. The van der Waals surface area contributed by atoms with E-state index in [1.165, 1.54) is 11.8 Å². The highest BCUT2D eigenvalue weighted by molar-refractivity contribution is 8.00. The Morgan fingerprint density at radius 3 is 2.96 bits per heavy atom. The highest BCUT2D eigenvalue weighted by Gasteiger charge is 2.30. The van der Waals surface area contributed by atoms with Crippen LogP contribution in [0.25, 0.3) is 0 Å². The maximum absolute atomic E-state index is 12.1. The first-order valence-corrected chi connectivity index (χ1v) is 8.87. The molecule has 1 aliphatic heterocycles. The lowest BCUT2D eigenvalue weighted by molar-refractivity contribution is -0.124. The predicted octanol–water partition coefficient (Wildman–Crippen LogP) is 1.55. The summed E-state index contributed by atoms with van der Waals surface area (Å²) in [5.74, 6) is 0.173. The number of pyridine rings is 1. The number of fused-ring (bicyclic) bond motifs is 1. The molecule has 1 unspecified atom stereocenters. The van der Waals surface area contributed by atoms with Crippen molar-refractivity contribution in [1.82, 2.24) is 10.3 Å². The zero-order valence-electron chi connectivity index (χ0n) is 12.8. The Morgan fingerprint density at radius 1 is 1.39 bits per heavy atom. The number of rotatable bonds is 4. The average molecular weight is 335 g/mol. The van der Waals surface area contributed by atoms with Crippen LogP contribution in [0.2, 0.25) is 0 Å². The van der Waals surface area contributed by atoms with Crippen LogP contribution in [0.1, 0.15) is 32.1 Å². The highest BCUT2D eigenvalue weighted by atomic mass is 32.2. The number of carbonyl (C=O) groups is 2. The number of nitrogens with zero attached hydrogens (tertiary/aromatic N) is 1. The summed E-state index contributed by atoms with van der Waals surface area (Å²) in [6.45, 7) is 0.624. The third-order valence-corrected chi connectivity index (χ3v) is 5.56. The molecule has 1 aromatic heterocycles. The molecule has 2 amide bonds. The van der Waals surface area contributed by atoms with Gasteiger partial charge in [-0.25, -0.2) is 4.98 Å². The number of anilines is 1. The van der Waals surface area contributed by atoms with Crippen molar-refractivity contribution >= 4 is 29.3 Å². The summed E-state index contributed by atoms with van der Waals surface area (Å²) >= 11 is 1.34. The van der Waals surface area contributed by atoms with Gasteiger partial charge in [-0.15, -0.1) is 0 Å². The van der Waals surface area contributed by atoms with Gasteiger partial charge in [0.15, 0.2) is 0 Å². The monoisotopic (exact) mass is 335 g/mol. The molecule has 0 aromatic carbocycles. The quantitative estimate of drug-likeness (QED) is 0.776. The van der Waals surface area contributed by atoms with Crippen LogP contribution in [0.3, 0.4) is 0 Å². The summed E-state index contributed by atoms with van der Waals surface area (Å²) in [5, 5.41) is 15.5. The molecule has 7 heteroatoms. The fraction of sp³-hybridized carbons (Fsp3) is 0.562. The number of hydrogen-bond acceptors (Lipinski definition) is 5. The van der Waals surface area contributed by atoms with E-state index in [4.69, 9.17) is 0 Å². The van der Waals surface area contributed by atoms with E-state index in [-0.39, 0.29) is 24.3 Å². The van der Waals surface area contributed by atoms with Gasteiger partial charge < -0.3 is 15.7 Å². The van der Waals surface area contributed by atoms with Gasteiger partial charge in [0.1, 0.15) is 5.03 Å². The molecule has 0 spiro atoms. The summed E-state index contributed by atoms with van der Waals surface area (Å²) < 4.78 is 0. The number of aliphatic hydroxyl groups excluding tert-OH is 1. The van der Waals surface area contributed by atoms with Crippen molar-refractivity contribution in [3.05, 3.63) is 18.3 Å². The lowest BCUT2D eigenvalue weighted by Gasteiger charge is -2.26. The molecule has 3 N–H and O–H groups in total. The molecule has 1 aromatic rings. The van der Waals surface area contributed by atoms with Crippen LogP contribution in [-0.4, -0.2) is 39.8 Å². The summed E-state index contributed by atoms with van der Waals surface area (Å²) in [4.78, 5) is 28.4. The molecule has 124 valence electrons. The molecule has 1 atom stereocenters. The van der Waals surface area contributed by atoms with E-state index in [1.54, 1.807) is 18.3 Å². The number of nitrogens with one attached hydrogen (secondary N) is 2. The minimum atomic E-state index is -0.439. The molecule has 6 nitrogen and oxygen atoms in total. The largest absolute Gasteiger partial charge is 0.393 e. The van der Waals surface area contributed by atoms with Crippen molar-refractivity contribution < 1.29 is 14.7 Å². The molecule has 2 heterocycles. The fourth-order valence-corrected chi connectivity index (χ4v) is 4.00. The molecule has 3 rings (SSSR count). The molecular weight excluding hydrogens is 314 g/mol. The van der Waals surface area contributed by atoms with Crippen LogP contribution < -0.4 is 10.6 Å². The molecule has 2 aliphatic rings. The second-order valence-electron chi connectivity index (χ2n) is 6.13. The van der Waals surface area contributed by atoms with Crippen molar-refractivity contribution in [2.45, 2.75) is 48.5 Å². The number of hydrogen-bond donors (Lipinski definition) is 3. The number of carbonyl (C=O) groups excluding carboxylic acids is 2. The predicted molar refractivity (Wildman–Crippen MR) is 88.1 cm³/mol. The van der Waals surface area contributed by atoms with E-state index < -0.39 is 5.25 Å². The molecule has 0 radical (unpaired) electrons. The Kier molecular flexibility index (Phi) is 5.17. The minimum Gasteiger partial charge on any atom is -0.393 e. The zero-order chi connectivity index (χ0) is 16.2. The van der Waals surface area contributed by atoms with Crippen molar-refractivity contribution in [2.24, 2.45) is 5.92 Å². The van der Waals surface area contributed by atoms with Gasteiger partial charge in [-0.05, 0) is 43.7 Å². The Hall–Kier alpha value is -1.60. The van der Waals surface area contributed by atoms with Gasteiger partial charge in [0.05, 0.1) is 17.0 Å². The van der Waals surface area contributed by atoms with Gasteiger partial charge in [-0.1, -0.05) is 11.8 Å². The van der Waals surface area contributed by atoms with Crippen LogP contribution in [0, 0.1) is 5.92 Å². The molecule has 0 saturated heterocycles. The second-order valence-corrected chi connectivity index (χ2v) is 7.33. The summed E-state index contributed by atoms with van der Waals surface area (Å²) in [6.07, 6.45) is 5.15. The molecule has 0 bridgehead atoms. The Labute approximate surface area is 139 Å². The van der Waals surface area contributed by atoms with Crippen LogP contribution in [-0.2, 0) is 9.59 Å². The maximum Gasteiger partial charge on any atom is 0.238 e. The SMILES string of the molecule is O=C(CC1Sc2ncccc2NC1=O)NCC1CCC(O)CC1. The Balaban J connectivity index is 1.47. The Morgan fingerprint density at radius 2 is 2.17 bits per heavy atom. The number of amides is 2. The van der Waals surface area contributed by atoms with E-state index in [1.807, 2.05) is 0 Å².